The fraction of sp³-hybridized carbons (Fsp3) is 0.429. The van der Waals surface area contributed by atoms with Crippen LogP contribution in [0.25, 0.3) is 6.08 Å². The highest BCUT2D eigenvalue weighted by Crippen LogP contribution is 2.58. The van der Waals surface area contributed by atoms with Crippen LogP contribution in [0.15, 0.2) is 36.4 Å². The molecule has 80 valence electrons. The molecular formula is C14H19N. The highest BCUT2D eigenvalue weighted by Gasteiger charge is 2.54. The summed E-state index contributed by atoms with van der Waals surface area (Å²) in [5, 5.41) is 0. The van der Waals surface area contributed by atoms with E-state index in [2.05, 4.69) is 50.3 Å². The summed E-state index contributed by atoms with van der Waals surface area (Å²) in [6.45, 7) is 5.39. The first-order valence-corrected chi connectivity index (χ1v) is 5.59. The van der Waals surface area contributed by atoms with Gasteiger partial charge < -0.3 is 5.73 Å². The van der Waals surface area contributed by atoms with Crippen molar-refractivity contribution in [1.29, 1.82) is 0 Å². The Morgan fingerprint density at radius 3 is 2.47 bits per heavy atom. The average Bonchev–Trinajstić information content (AvgIpc) is 2.78. The molecule has 1 aliphatic rings. The Morgan fingerprint density at radius 2 is 1.93 bits per heavy atom. The van der Waals surface area contributed by atoms with Crippen molar-refractivity contribution < 1.29 is 0 Å². The molecule has 1 aromatic carbocycles. The number of allylic oxidation sites excluding steroid dienone is 1. The Kier molecular flexibility index (Phi) is 2.66. The first-order chi connectivity index (χ1) is 7.16. The van der Waals surface area contributed by atoms with Crippen LogP contribution in [0.4, 0.5) is 0 Å². The minimum atomic E-state index is 0.403. The van der Waals surface area contributed by atoms with Crippen LogP contribution in [0.3, 0.4) is 0 Å². The second kappa shape index (κ2) is 3.82. The maximum Gasteiger partial charge on any atom is -0.00377 e. The van der Waals surface area contributed by atoms with Gasteiger partial charge in [0.05, 0.1) is 0 Å². The third-order valence-electron chi connectivity index (χ3n) is 3.69. The average molecular weight is 201 g/mol. The van der Waals surface area contributed by atoms with Gasteiger partial charge in [0.15, 0.2) is 0 Å². The van der Waals surface area contributed by atoms with E-state index in [1.54, 1.807) is 0 Å². The molecule has 1 aliphatic carbocycles. The molecule has 1 aromatic rings. The molecule has 0 aromatic heterocycles. The maximum absolute atomic E-state index is 5.73. The third kappa shape index (κ3) is 1.98. The van der Waals surface area contributed by atoms with E-state index >= 15 is 0 Å². The fourth-order valence-corrected chi connectivity index (χ4v) is 2.40. The van der Waals surface area contributed by atoms with Crippen LogP contribution in [-0.2, 0) is 0 Å². The Labute approximate surface area is 92.0 Å². The molecule has 2 unspecified atom stereocenters. The second-order valence-corrected chi connectivity index (χ2v) is 4.96. The van der Waals surface area contributed by atoms with E-state index in [1.807, 2.05) is 6.07 Å². The highest BCUT2D eigenvalue weighted by molar-refractivity contribution is 5.50. The summed E-state index contributed by atoms with van der Waals surface area (Å²) in [7, 11) is 0. The second-order valence-electron chi connectivity index (χ2n) is 4.96. The summed E-state index contributed by atoms with van der Waals surface area (Å²) in [6, 6.07) is 10.4. The molecule has 1 nitrogen and oxygen atoms in total. The molecule has 0 radical (unpaired) electrons. The van der Waals surface area contributed by atoms with Gasteiger partial charge in [-0.3, -0.25) is 0 Å². The zero-order valence-corrected chi connectivity index (χ0v) is 9.48. The predicted octanol–water partition coefficient (Wildman–Crippen LogP) is 2.93. The third-order valence-corrected chi connectivity index (χ3v) is 3.69. The first kappa shape index (κ1) is 10.4. The molecular weight excluding hydrogens is 182 g/mol. The van der Waals surface area contributed by atoms with Crippen molar-refractivity contribution in [2.45, 2.75) is 13.8 Å². The standard InChI is InChI=1S/C14H19N/c1-14(2)12(13(14)10-15)9-8-11-6-4-3-5-7-11/h3-9,12-13H,10,15H2,1-2H3/b9-8+. The van der Waals surface area contributed by atoms with Crippen LogP contribution in [0.5, 0.6) is 0 Å². The van der Waals surface area contributed by atoms with E-state index in [4.69, 9.17) is 5.73 Å². The van der Waals surface area contributed by atoms with Crippen molar-refractivity contribution in [2.24, 2.45) is 23.0 Å². The maximum atomic E-state index is 5.73. The smallest absolute Gasteiger partial charge is 0.00377 e. The van der Waals surface area contributed by atoms with Gasteiger partial charge in [0.25, 0.3) is 0 Å². The van der Waals surface area contributed by atoms with E-state index in [1.165, 1.54) is 5.56 Å². The van der Waals surface area contributed by atoms with Gasteiger partial charge in [-0.05, 0) is 29.4 Å². The van der Waals surface area contributed by atoms with Crippen molar-refractivity contribution in [2.75, 3.05) is 6.54 Å². The number of benzene rings is 1. The van der Waals surface area contributed by atoms with Crippen LogP contribution in [0.1, 0.15) is 19.4 Å². The van der Waals surface area contributed by atoms with Gasteiger partial charge in [-0.1, -0.05) is 56.3 Å². The van der Waals surface area contributed by atoms with Crippen molar-refractivity contribution in [1.82, 2.24) is 0 Å². The van der Waals surface area contributed by atoms with E-state index in [0.717, 1.165) is 6.54 Å². The molecule has 0 heterocycles. The summed E-state index contributed by atoms with van der Waals surface area (Å²) in [4.78, 5) is 0. The van der Waals surface area contributed by atoms with Crippen LogP contribution in [0, 0.1) is 17.3 Å². The summed E-state index contributed by atoms with van der Waals surface area (Å²) >= 11 is 0. The topological polar surface area (TPSA) is 26.0 Å². The fourth-order valence-electron chi connectivity index (χ4n) is 2.40. The SMILES string of the molecule is CC1(C)C(/C=C/c2ccccc2)C1CN. The molecule has 2 N–H and O–H groups in total. The monoisotopic (exact) mass is 201 g/mol. The molecule has 0 spiro atoms. The summed E-state index contributed by atoms with van der Waals surface area (Å²) in [5.41, 5.74) is 7.41. The molecule has 1 heteroatoms. The zero-order valence-electron chi connectivity index (χ0n) is 9.48. The van der Waals surface area contributed by atoms with E-state index in [0.29, 0.717) is 17.3 Å². The number of rotatable bonds is 3. The van der Waals surface area contributed by atoms with Gasteiger partial charge in [0.1, 0.15) is 0 Å². The normalized spacial score (nSPS) is 28.2. The van der Waals surface area contributed by atoms with E-state index in [-0.39, 0.29) is 0 Å². The first-order valence-electron chi connectivity index (χ1n) is 5.59. The van der Waals surface area contributed by atoms with Crippen molar-refractivity contribution in [3.05, 3.63) is 42.0 Å². The van der Waals surface area contributed by atoms with Gasteiger partial charge in [-0.15, -0.1) is 0 Å². The molecule has 1 fully saturated rings. The van der Waals surface area contributed by atoms with Gasteiger partial charge in [0, 0.05) is 0 Å². The van der Waals surface area contributed by atoms with Gasteiger partial charge in [-0.2, -0.15) is 0 Å². The Morgan fingerprint density at radius 1 is 1.27 bits per heavy atom. The predicted molar refractivity (Wildman–Crippen MR) is 65.3 cm³/mol. The van der Waals surface area contributed by atoms with Crippen molar-refractivity contribution in [3.8, 4) is 0 Å². The number of hydrogen-bond acceptors (Lipinski definition) is 1. The van der Waals surface area contributed by atoms with Crippen molar-refractivity contribution in [3.63, 3.8) is 0 Å². The largest absolute Gasteiger partial charge is 0.330 e. The lowest BCUT2D eigenvalue weighted by Crippen LogP contribution is -2.05. The molecule has 2 atom stereocenters. The van der Waals surface area contributed by atoms with E-state index < -0.39 is 0 Å². The lowest BCUT2D eigenvalue weighted by molar-refractivity contribution is 0.555. The van der Waals surface area contributed by atoms with Gasteiger partial charge in [0.2, 0.25) is 0 Å². The zero-order chi connectivity index (χ0) is 10.9. The summed E-state index contributed by atoms with van der Waals surface area (Å²) < 4.78 is 0. The summed E-state index contributed by atoms with van der Waals surface area (Å²) in [5.74, 6) is 1.32. The van der Waals surface area contributed by atoms with Crippen LogP contribution >= 0.6 is 0 Å². The van der Waals surface area contributed by atoms with E-state index in [9.17, 15) is 0 Å². The quantitative estimate of drug-likeness (QED) is 0.799. The highest BCUT2D eigenvalue weighted by atomic mass is 14.7. The van der Waals surface area contributed by atoms with Crippen LogP contribution in [-0.4, -0.2) is 6.54 Å². The van der Waals surface area contributed by atoms with Gasteiger partial charge >= 0.3 is 0 Å². The van der Waals surface area contributed by atoms with Crippen LogP contribution < -0.4 is 5.73 Å². The number of nitrogens with two attached hydrogens (primary N) is 1. The lowest BCUT2D eigenvalue weighted by Gasteiger charge is -1.97. The molecule has 15 heavy (non-hydrogen) atoms. The molecule has 0 bridgehead atoms. The molecule has 0 saturated heterocycles. The van der Waals surface area contributed by atoms with Crippen LogP contribution in [0.2, 0.25) is 0 Å². The minimum absolute atomic E-state index is 0.403. The Balaban J connectivity index is 2.03. The molecule has 0 amide bonds. The Bertz CT molecular complexity index is 351. The van der Waals surface area contributed by atoms with Gasteiger partial charge in [-0.25, -0.2) is 0 Å². The van der Waals surface area contributed by atoms with Crippen molar-refractivity contribution >= 4 is 6.08 Å². The molecule has 0 aliphatic heterocycles. The lowest BCUT2D eigenvalue weighted by atomic mass is 10.1. The molecule has 2 rings (SSSR count). The minimum Gasteiger partial charge on any atom is -0.330 e. The summed E-state index contributed by atoms with van der Waals surface area (Å²) in [6.07, 6.45) is 4.52. The molecule has 1 saturated carbocycles. The Hall–Kier alpha value is -1.08. The number of hydrogen-bond donors (Lipinski definition) is 1.